The van der Waals surface area contributed by atoms with E-state index in [0.717, 1.165) is 29.8 Å². The Morgan fingerprint density at radius 1 is 0.918 bits per heavy atom. The third-order valence-electron chi connectivity index (χ3n) is 8.77. The zero-order chi connectivity index (χ0) is 35.2. The van der Waals surface area contributed by atoms with Gasteiger partial charge in [0.25, 0.3) is 17.7 Å². The highest BCUT2D eigenvalue weighted by Gasteiger charge is 2.43. The molecule has 1 fully saturated rings. The summed E-state index contributed by atoms with van der Waals surface area (Å²) in [5, 5.41) is 32.8. The summed E-state index contributed by atoms with van der Waals surface area (Å²) < 4.78 is 52.9. The first-order valence-electron chi connectivity index (χ1n) is 15.1. The van der Waals surface area contributed by atoms with E-state index in [1.165, 1.54) is 29.4 Å². The molecule has 6 rings (SSSR count). The van der Waals surface area contributed by atoms with Crippen molar-refractivity contribution in [3.05, 3.63) is 88.5 Å². The fourth-order valence-corrected chi connectivity index (χ4v) is 8.38. The Morgan fingerprint density at radius 3 is 2.06 bits per heavy atom. The quantitative estimate of drug-likeness (QED) is 0.213. The number of halogens is 3. The number of carbonyl (C=O) groups is 4. The van der Waals surface area contributed by atoms with E-state index in [9.17, 15) is 47.5 Å². The van der Waals surface area contributed by atoms with E-state index < -0.39 is 77.7 Å². The van der Waals surface area contributed by atoms with Crippen molar-refractivity contribution in [1.82, 2.24) is 14.9 Å². The minimum absolute atomic E-state index is 0.0771. The fourth-order valence-electron chi connectivity index (χ4n) is 6.21. The van der Waals surface area contributed by atoms with E-state index in [0.29, 0.717) is 16.5 Å². The molecule has 256 valence electrons. The number of carboxylic acid groups (broad SMARTS) is 1. The maximum atomic E-state index is 14.0. The number of nitrogens with one attached hydrogen (secondary N) is 2. The Kier molecular flexibility index (Phi) is 9.27. The van der Waals surface area contributed by atoms with Crippen molar-refractivity contribution in [2.24, 2.45) is 0 Å². The highest BCUT2D eigenvalue weighted by Crippen LogP contribution is 2.49. The molecular formula is C31H30B2F3N3O9S. The zero-order valence-electron chi connectivity index (χ0n) is 25.9. The minimum Gasteiger partial charge on any atom is -0.481 e. The molecule has 5 N–H and O–H groups in total. The summed E-state index contributed by atoms with van der Waals surface area (Å²) in [6.07, 6.45) is -3.26. The lowest BCUT2D eigenvalue weighted by Crippen LogP contribution is -2.47. The third kappa shape index (κ3) is 7.05. The summed E-state index contributed by atoms with van der Waals surface area (Å²) in [4.78, 5) is 54.6. The molecule has 3 aromatic carbocycles. The number of likely N-dealkylation sites (tertiary alicyclic amines) is 1. The molecule has 1 saturated heterocycles. The Balaban J connectivity index is 1.28. The van der Waals surface area contributed by atoms with Gasteiger partial charge in [-0.2, -0.15) is 13.2 Å². The second-order valence-electron chi connectivity index (χ2n) is 12.1. The highest BCUT2D eigenvalue weighted by molar-refractivity contribution is 8.32. The first kappa shape index (κ1) is 34.5. The lowest BCUT2D eigenvalue weighted by Gasteiger charge is -2.37. The second kappa shape index (κ2) is 13.2. The summed E-state index contributed by atoms with van der Waals surface area (Å²) >= 11 is 0. The molecule has 0 aromatic heterocycles. The summed E-state index contributed by atoms with van der Waals surface area (Å²) in [7, 11) is -5.24. The van der Waals surface area contributed by atoms with Crippen LogP contribution in [0, 0.1) is 0 Å². The van der Waals surface area contributed by atoms with Crippen molar-refractivity contribution in [3.63, 3.8) is 0 Å². The van der Waals surface area contributed by atoms with Gasteiger partial charge in [-0.3, -0.25) is 19.2 Å². The number of fused-ring (bicyclic) bond motifs is 2. The second-order valence-corrected chi connectivity index (χ2v) is 15.3. The molecule has 3 atom stereocenters. The summed E-state index contributed by atoms with van der Waals surface area (Å²) in [5.41, 5.74) is 1.63. The Labute approximate surface area is 280 Å². The number of benzene rings is 3. The molecule has 3 aliphatic rings. The molecule has 0 aliphatic carbocycles. The van der Waals surface area contributed by atoms with E-state index in [1.807, 2.05) is 0 Å². The number of carboxylic acids is 1. The lowest BCUT2D eigenvalue weighted by molar-refractivity contribution is -0.137. The zero-order valence-corrected chi connectivity index (χ0v) is 26.7. The van der Waals surface area contributed by atoms with Crippen LogP contribution in [-0.2, 0) is 38.3 Å². The molecule has 3 heterocycles. The van der Waals surface area contributed by atoms with Crippen LogP contribution < -0.4 is 21.0 Å². The van der Waals surface area contributed by atoms with Crippen LogP contribution in [0.3, 0.4) is 0 Å². The van der Waals surface area contributed by atoms with Gasteiger partial charge in [-0.1, -0.05) is 12.1 Å². The minimum atomic E-state index is -4.63. The van der Waals surface area contributed by atoms with Crippen molar-refractivity contribution in [3.8, 4) is 0 Å². The Morgan fingerprint density at radius 2 is 1.49 bits per heavy atom. The van der Waals surface area contributed by atoms with Gasteiger partial charge in [-0.25, -0.2) is 0 Å². The van der Waals surface area contributed by atoms with Crippen molar-refractivity contribution < 1.29 is 56.8 Å². The number of carbonyl (C=O) groups excluding carboxylic acids is 3. The van der Waals surface area contributed by atoms with Crippen LogP contribution in [0.1, 0.15) is 43.8 Å². The van der Waals surface area contributed by atoms with Crippen molar-refractivity contribution in [1.29, 1.82) is 0 Å². The normalized spacial score (nSPS) is 20.3. The van der Waals surface area contributed by atoms with E-state index in [2.05, 4.69) is 10.0 Å². The molecule has 3 aromatic rings. The van der Waals surface area contributed by atoms with Gasteiger partial charge < -0.3 is 39.4 Å². The number of aliphatic carboxylic acids is 1. The maximum Gasteiger partial charge on any atom is 0.491 e. The van der Waals surface area contributed by atoms with Gasteiger partial charge in [-0.15, -0.1) is 10.2 Å². The van der Waals surface area contributed by atoms with Gasteiger partial charge in [0.2, 0.25) is 0 Å². The highest BCUT2D eigenvalue weighted by atomic mass is 32.3. The van der Waals surface area contributed by atoms with E-state index >= 15 is 0 Å². The average Bonchev–Trinajstić information content (AvgIpc) is 3.76. The van der Waals surface area contributed by atoms with Crippen LogP contribution in [0.5, 0.6) is 0 Å². The average molecular weight is 699 g/mol. The summed E-state index contributed by atoms with van der Waals surface area (Å²) in [6.45, 7) is 0.214. The molecular weight excluding hydrogens is 669 g/mol. The van der Waals surface area contributed by atoms with Gasteiger partial charge in [0.05, 0.1) is 24.5 Å². The predicted molar refractivity (Wildman–Crippen MR) is 172 cm³/mol. The van der Waals surface area contributed by atoms with Gasteiger partial charge in [0.1, 0.15) is 6.04 Å². The molecule has 0 radical (unpaired) electrons. The van der Waals surface area contributed by atoms with Crippen LogP contribution in [0.4, 0.5) is 13.2 Å². The van der Waals surface area contributed by atoms with E-state index in [4.69, 9.17) is 9.31 Å². The largest absolute Gasteiger partial charge is 0.491 e. The number of rotatable bonds is 8. The smallest absolute Gasteiger partial charge is 0.481 e. The SMILES string of the molecule is CS(CC(=O)O)(NC(=O)[C@@H]1CC(NC(=O)c2ccc3c(c2)B(O)OC3)CN1C(=O)c1ccc2c(c1)B(O)OC2)c1ccc(C(F)(F)F)cc1. The molecule has 0 saturated carbocycles. The maximum absolute atomic E-state index is 14.0. The molecule has 2 unspecified atom stereocenters. The van der Waals surface area contributed by atoms with Crippen molar-refractivity contribution >= 4 is 59.1 Å². The van der Waals surface area contributed by atoms with Crippen LogP contribution in [-0.4, -0.2) is 88.6 Å². The van der Waals surface area contributed by atoms with E-state index in [-0.39, 0.29) is 42.2 Å². The molecule has 3 amide bonds. The molecule has 12 nitrogen and oxygen atoms in total. The first-order chi connectivity index (χ1) is 23.1. The number of hydrogen-bond acceptors (Lipinski definition) is 8. The number of nitrogens with zero attached hydrogens (tertiary/aromatic N) is 1. The van der Waals surface area contributed by atoms with Crippen molar-refractivity contribution in [2.45, 2.75) is 42.8 Å². The molecule has 0 spiro atoms. The summed E-state index contributed by atoms with van der Waals surface area (Å²) in [6, 6.07) is 11.2. The van der Waals surface area contributed by atoms with Gasteiger partial charge in [-0.05, 0) is 83.3 Å². The number of alkyl halides is 3. The molecule has 49 heavy (non-hydrogen) atoms. The van der Waals surface area contributed by atoms with Gasteiger partial charge in [0.15, 0.2) is 0 Å². The number of amides is 3. The van der Waals surface area contributed by atoms with Crippen LogP contribution in [0.2, 0.25) is 0 Å². The third-order valence-corrected chi connectivity index (χ3v) is 11.6. The van der Waals surface area contributed by atoms with E-state index in [1.54, 1.807) is 18.2 Å². The standard InChI is InChI=1S/C31H30B2F3N3O9S/c1-49(16-27(40)41,23-8-6-21(7-9-23)31(34,35)36)38-29(43)26-12-22(37-28(42)17-2-4-19-14-47-32(45)24(19)10-17)13-39(26)30(44)18-3-5-20-15-48-33(46)25(20)11-18/h2-11,22,26,45-46H,12-16H2,1H3,(H,37,42)(H,38,43)(H,40,41)/t22?,26-/m0/s1. The molecule has 0 bridgehead atoms. The van der Waals surface area contributed by atoms with Gasteiger partial charge in [0, 0.05) is 28.6 Å². The summed E-state index contributed by atoms with van der Waals surface area (Å²) in [5.74, 6) is -3.82. The van der Waals surface area contributed by atoms with Crippen LogP contribution in [0.25, 0.3) is 0 Å². The topological polar surface area (TPSA) is 175 Å². The van der Waals surface area contributed by atoms with Crippen LogP contribution in [0.15, 0.2) is 65.6 Å². The number of hydrogen-bond donors (Lipinski definition) is 5. The molecule has 3 aliphatic heterocycles. The molecule has 18 heteroatoms. The monoisotopic (exact) mass is 699 g/mol. The van der Waals surface area contributed by atoms with Crippen molar-refractivity contribution in [2.75, 3.05) is 18.6 Å². The Hall–Kier alpha value is -4.35. The van der Waals surface area contributed by atoms with Gasteiger partial charge >= 0.3 is 26.4 Å². The lowest BCUT2D eigenvalue weighted by atomic mass is 9.78. The predicted octanol–water partition coefficient (Wildman–Crippen LogP) is 0.763. The Bertz CT molecular complexity index is 1830. The fraction of sp³-hybridized carbons (Fsp3) is 0.290. The first-order valence-corrected chi connectivity index (χ1v) is 17.3. The van der Waals surface area contributed by atoms with Crippen LogP contribution >= 0.6 is 10.2 Å².